The standard InChI is InChI=1S/C12H18N2O3S2/c1-4-13-11(16)8(3)19-12-14-9(7-18-12)6-10(15)17-5-2/h7-8H,4-6H2,1-3H3,(H,13,16)/t8-/m0/s1. The summed E-state index contributed by atoms with van der Waals surface area (Å²) in [6, 6.07) is 0. The van der Waals surface area contributed by atoms with Gasteiger partial charge in [-0.05, 0) is 20.8 Å². The maximum atomic E-state index is 11.6. The number of thioether (sulfide) groups is 1. The molecule has 0 aliphatic rings. The maximum Gasteiger partial charge on any atom is 0.311 e. The molecule has 1 heterocycles. The second kappa shape index (κ2) is 8.16. The van der Waals surface area contributed by atoms with Crippen LogP contribution in [0.1, 0.15) is 26.5 Å². The van der Waals surface area contributed by atoms with Crippen molar-refractivity contribution in [2.45, 2.75) is 36.8 Å². The van der Waals surface area contributed by atoms with Gasteiger partial charge in [-0.25, -0.2) is 4.98 Å². The van der Waals surface area contributed by atoms with Crippen molar-refractivity contribution in [3.63, 3.8) is 0 Å². The van der Waals surface area contributed by atoms with Crippen molar-refractivity contribution < 1.29 is 14.3 Å². The van der Waals surface area contributed by atoms with Crippen LogP contribution >= 0.6 is 23.1 Å². The van der Waals surface area contributed by atoms with Crippen molar-refractivity contribution in [1.29, 1.82) is 0 Å². The van der Waals surface area contributed by atoms with Gasteiger partial charge in [0.2, 0.25) is 5.91 Å². The lowest BCUT2D eigenvalue weighted by atomic mass is 10.3. The van der Waals surface area contributed by atoms with E-state index in [9.17, 15) is 9.59 Å². The molecule has 0 unspecified atom stereocenters. The molecule has 5 nitrogen and oxygen atoms in total. The van der Waals surface area contributed by atoms with Gasteiger partial charge in [0.15, 0.2) is 4.34 Å². The van der Waals surface area contributed by atoms with E-state index in [0.29, 0.717) is 18.8 Å². The minimum Gasteiger partial charge on any atom is -0.466 e. The fraction of sp³-hybridized carbons (Fsp3) is 0.583. The lowest BCUT2D eigenvalue weighted by molar-refractivity contribution is -0.142. The number of hydrogen-bond donors (Lipinski definition) is 1. The molecule has 1 aromatic rings. The van der Waals surface area contributed by atoms with Crippen LogP contribution in [0.25, 0.3) is 0 Å². The first-order valence-corrected chi connectivity index (χ1v) is 7.87. The van der Waals surface area contributed by atoms with E-state index in [1.807, 2.05) is 19.2 Å². The maximum absolute atomic E-state index is 11.6. The topological polar surface area (TPSA) is 68.3 Å². The summed E-state index contributed by atoms with van der Waals surface area (Å²) >= 11 is 2.83. The molecule has 106 valence electrons. The fourth-order valence-electron chi connectivity index (χ4n) is 1.31. The third-order valence-electron chi connectivity index (χ3n) is 2.16. The molecule has 1 amide bonds. The molecule has 0 fully saturated rings. The number of thiazole rings is 1. The molecule has 0 bridgehead atoms. The second-order valence-electron chi connectivity index (χ2n) is 3.74. The highest BCUT2D eigenvalue weighted by molar-refractivity contribution is 8.02. The number of ether oxygens (including phenoxy) is 1. The quantitative estimate of drug-likeness (QED) is 0.615. The van der Waals surface area contributed by atoms with Crippen LogP contribution in [0.3, 0.4) is 0 Å². The number of rotatable bonds is 7. The average Bonchev–Trinajstić information content (AvgIpc) is 2.77. The van der Waals surface area contributed by atoms with Crippen LogP contribution in [-0.2, 0) is 20.7 Å². The highest BCUT2D eigenvalue weighted by Crippen LogP contribution is 2.27. The minimum atomic E-state index is -0.277. The zero-order chi connectivity index (χ0) is 14.3. The van der Waals surface area contributed by atoms with Crippen LogP contribution in [0.5, 0.6) is 0 Å². The van der Waals surface area contributed by atoms with Gasteiger partial charge in [-0.2, -0.15) is 0 Å². The predicted octanol–water partition coefficient (Wildman–Crippen LogP) is 1.87. The van der Waals surface area contributed by atoms with E-state index in [1.165, 1.54) is 23.1 Å². The van der Waals surface area contributed by atoms with Crippen molar-refractivity contribution >= 4 is 35.0 Å². The number of nitrogens with one attached hydrogen (secondary N) is 1. The molecule has 1 rings (SSSR count). The van der Waals surface area contributed by atoms with Crippen LogP contribution in [0.2, 0.25) is 0 Å². The van der Waals surface area contributed by atoms with Gasteiger partial charge in [0.05, 0.1) is 24.0 Å². The van der Waals surface area contributed by atoms with Crippen LogP contribution in [0.4, 0.5) is 0 Å². The Balaban J connectivity index is 2.50. The van der Waals surface area contributed by atoms with E-state index < -0.39 is 0 Å². The molecule has 0 aliphatic carbocycles. The van der Waals surface area contributed by atoms with Gasteiger partial charge in [0.1, 0.15) is 0 Å². The van der Waals surface area contributed by atoms with Crippen LogP contribution < -0.4 is 5.32 Å². The van der Waals surface area contributed by atoms with Crippen LogP contribution in [-0.4, -0.2) is 35.3 Å². The Bertz CT molecular complexity index is 434. The first-order chi connectivity index (χ1) is 9.06. The molecule has 1 aromatic heterocycles. The Morgan fingerprint density at radius 3 is 2.89 bits per heavy atom. The Morgan fingerprint density at radius 2 is 2.26 bits per heavy atom. The van der Waals surface area contributed by atoms with Gasteiger partial charge < -0.3 is 10.1 Å². The van der Waals surface area contributed by atoms with Gasteiger partial charge in [-0.3, -0.25) is 9.59 Å². The molecule has 19 heavy (non-hydrogen) atoms. The van der Waals surface area contributed by atoms with Crippen molar-refractivity contribution in [2.24, 2.45) is 0 Å². The molecule has 0 saturated carbocycles. The third-order valence-corrected chi connectivity index (χ3v) is 4.28. The van der Waals surface area contributed by atoms with Gasteiger partial charge in [0.25, 0.3) is 0 Å². The van der Waals surface area contributed by atoms with Gasteiger partial charge in [0, 0.05) is 11.9 Å². The summed E-state index contributed by atoms with van der Waals surface area (Å²) in [7, 11) is 0. The number of esters is 1. The molecular formula is C12H18N2O3S2. The van der Waals surface area contributed by atoms with E-state index in [1.54, 1.807) is 6.92 Å². The van der Waals surface area contributed by atoms with E-state index >= 15 is 0 Å². The molecular weight excluding hydrogens is 284 g/mol. The molecule has 0 aliphatic heterocycles. The highest BCUT2D eigenvalue weighted by atomic mass is 32.2. The van der Waals surface area contributed by atoms with Crippen molar-refractivity contribution in [3.05, 3.63) is 11.1 Å². The SMILES string of the molecule is CCNC(=O)[C@H](C)Sc1nc(CC(=O)OCC)cs1. The van der Waals surface area contributed by atoms with Crippen LogP contribution in [0, 0.1) is 0 Å². The van der Waals surface area contributed by atoms with Gasteiger partial charge in [-0.15, -0.1) is 11.3 Å². The number of carbonyl (C=O) groups is 2. The highest BCUT2D eigenvalue weighted by Gasteiger charge is 2.16. The summed E-state index contributed by atoms with van der Waals surface area (Å²) < 4.78 is 5.65. The smallest absolute Gasteiger partial charge is 0.311 e. The minimum absolute atomic E-state index is 0.00496. The summed E-state index contributed by atoms with van der Waals surface area (Å²) in [4.78, 5) is 27.2. The Morgan fingerprint density at radius 1 is 1.53 bits per heavy atom. The summed E-state index contributed by atoms with van der Waals surface area (Å²) in [5.41, 5.74) is 0.689. The normalized spacial score (nSPS) is 11.9. The summed E-state index contributed by atoms with van der Waals surface area (Å²) in [5, 5.41) is 4.39. The first kappa shape index (κ1) is 16.0. The molecule has 1 N–H and O–H groups in total. The third kappa shape index (κ3) is 5.61. The summed E-state index contributed by atoms with van der Waals surface area (Å²) in [6.07, 6.45) is 0.181. The monoisotopic (exact) mass is 302 g/mol. The summed E-state index contributed by atoms with van der Waals surface area (Å²) in [5.74, 6) is -0.282. The lowest BCUT2D eigenvalue weighted by Crippen LogP contribution is -2.30. The largest absolute Gasteiger partial charge is 0.466 e. The zero-order valence-corrected chi connectivity index (χ0v) is 12.9. The number of nitrogens with zero attached hydrogens (tertiary/aromatic N) is 1. The average molecular weight is 302 g/mol. The van der Waals surface area contributed by atoms with E-state index in [0.717, 1.165) is 4.34 Å². The molecule has 1 atom stereocenters. The molecule has 7 heteroatoms. The Labute approximate surface area is 121 Å². The van der Waals surface area contributed by atoms with Gasteiger partial charge >= 0.3 is 5.97 Å². The molecule has 0 saturated heterocycles. The lowest BCUT2D eigenvalue weighted by Gasteiger charge is -2.08. The van der Waals surface area contributed by atoms with Crippen LogP contribution in [0.15, 0.2) is 9.72 Å². The number of hydrogen-bond acceptors (Lipinski definition) is 6. The Hall–Kier alpha value is -1.08. The van der Waals surface area contributed by atoms with Crippen molar-refractivity contribution in [1.82, 2.24) is 10.3 Å². The zero-order valence-electron chi connectivity index (χ0n) is 11.3. The number of amides is 1. The predicted molar refractivity (Wildman–Crippen MR) is 76.5 cm³/mol. The first-order valence-electron chi connectivity index (χ1n) is 6.11. The number of aromatic nitrogens is 1. The van der Waals surface area contributed by atoms with Crippen molar-refractivity contribution in [2.75, 3.05) is 13.2 Å². The van der Waals surface area contributed by atoms with Crippen molar-refractivity contribution in [3.8, 4) is 0 Å². The number of carbonyl (C=O) groups excluding carboxylic acids is 2. The molecule has 0 radical (unpaired) electrons. The molecule has 0 aromatic carbocycles. The summed E-state index contributed by atoms with van der Waals surface area (Å²) in [6.45, 7) is 6.49. The van der Waals surface area contributed by atoms with E-state index in [2.05, 4.69) is 10.3 Å². The second-order valence-corrected chi connectivity index (χ2v) is 6.19. The Kier molecular flexibility index (Phi) is 6.86. The van der Waals surface area contributed by atoms with E-state index in [-0.39, 0.29) is 23.5 Å². The fourth-order valence-corrected chi connectivity index (χ4v) is 3.31. The van der Waals surface area contributed by atoms with Gasteiger partial charge in [-0.1, -0.05) is 11.8 Å². The van der Waals surface area contributed by atoms with E-state index in [4.69, 9.17) is 4.74 Å². The molecule has 0 spiro atoms.